The Bertz CT molecular complexity index is 615. The average molecular weight is 282 g/mol. The normalized spacial score (nSPS) is 22.4. The van der Waals surface area contributed by atoms with Crippen molar-refractivity contribution in [3.63, 3.8) is 0 Å². The lowest BCUT2D eigenvalue weighted by molar-refractivity contribution is 0.358. The number of hydrogen-bond donors (Lipinski definition) is 1. The molecule has 1 saturated heterocycles. The molecule has 0 saturated carbocycles. The minimum absolute atomic E-state index is 0.378. The van der Waals surface area contributed by atoms with E-state index >= 15 is 0 Å². The van der Waals surface area contributed by atoms with Crippen LogP contribution in [0.1, 0.15) is 54.1 Å². The molecule has 1 aromatic carbocycles. The molecule has 1 atom stereocenters. The summed E-state index contributed by atoms with van der Waals surface area (Å²) in [5.74, 6) is 2.04. The number of fused-ring (bicyclic) bond motifs is 1. The van der Waals surface area contributed by atoms with Crippen molar-refractivity contribution in [2.75, 3.05) is 6.54 Å². The summed E-state index contributed by atoms with van der Waals surface area (Å²) >= 11 is 0. The second kappa shape index (κ2) is 5.26. The van der Waals surface area contributed by atoms with Crippen molar-refractivity contribution in [1.29, 1.82) is 0 Å². The molecule has 0 unspecified atom stereocenters. The zero-order valence-corrected chi connectivity index (χ0v) is 12.5. The number of nitrogens with one attached hydrogen (secondary N) is 1. The standard InChI is InChI=1S/C17H22N4/c1-12-19-17(16-8-4-5-9-18-16)21(20-12)15-10-13-6-2-3-7-14(13)11-15/h2-3,6-7,15-16,18H,4-5,8-11H2,1H3/t16-/m0/s1. The van der Waals surface area contributed by atoms with Crippen LogP contribution in [0.2, 0.25) is 0 Å². The minimum atomic E-state index is 0.378. The zero-order valence-electron chi connectivity index (χ0n) is 12.5. The molecule has 21 heavy (non-hydrogen) atoms. The average Bonchev–Trinajstić information content (AvgIpc) is 3.11. The van der Waals surface area contributed by atoms with Crippen molar-refractivity contribution < 1.29 is 0 Å². The third-order valence-corrected chi connectivity index (χ3v) is 4.76. The molecule has 0 spiro atoms. The molecule has 1 aromatic heterocycles. The Hall–Kier alpha value is -1.68. The fourth-order valence-electron chi connectivity index (χ4n) is 3.73. The van der Waals surface area contributed by atoms with E-state index in [4.69, 9.17) is 10.1 Å². The SMILES string of the molecule is Cc1nc([C@@H]2CCCCN2)n(C2Cc3ccccc3C2)n1. The minimum Gasteiger partial charge on any atom is -0.307 e. The molecule has 1 aliphatic carbocycles. The fraction of sp³-hybridized carbons (Fsp3) is 0.529. The van der Waals surface area contributed by atoms with E-state index in [-0.39, 0.29) is 0 Å². The summed E-state index contributed by atoms with van der Waals surface area (Å²) in [6, 6.07) is 9.58. The van der Waals surface area contributed by atoms with Gasteiger partial charge in [0.25, 0.3) is 0 Å². The molecular formula is C17H22N4. The van der Waals surface area contributed by atoms with Crippen LogP contribution in [0.5, 0.6) is 0 Å². The van der Waals surface area contributed by atoms with E-state index < -0.39 is 0 Å². The number of piperidine rings is 1. The van der Waals surface area contributed by atoms with Crippen LogP contribution < -0.4 is 5.32 Å². The van der Waals surface area contributed by atoms with Gasteiger partial charge in [-0.3, -0.25) is 0 Å². The number of hydrogen-bond acceptors (Lipinski definition) is 3. The molecule has 0 radical (unpaired) electrons. The Labute approximate surface area is 125 Å². The lowest BCUT2D eigenvalue weighted by Crippen LogP contribution is -2.30. The topological polar surface area (TPSA) is 42.7 Å². The molecule has 4 nitrogen and oxygen atoms in total. The molecule has 110 valence electrons. The first-order valence-electron chi connectivity index (χ1n) is 8.04. The van der Waals surface area contributed by atoms with E-state index in [0.29, 0.717) is 12.1 Å². The molecule has 1 fully saturated rings. The number of aryl methyl sites for hydroxylation is 1. The maximum atomic E-state index is 4.73. The zero-order chi connectivity index (χ0) is 14.2. The first kappa shape index (κ1) is 13.0. The van der Waals surface area contributed by atoms with E-state index in [1.165, 1.54) is 30.4 Å². The van der Waals surface area contributed by atoms with Gasteiger partial charge in [0, 0.05) is 0 Å². The summed E-state index contributed by atoms with van der Waals surface area (Å²) in [4.78, 5) is 4.73. The summed E-state index contributed by atoms with van der Waals surface area (Å²) in [6.45, 7) is 3.10. The first-order valence-corrected chi connectivity index (χ1v) is 8.04. The lowest BCUT2D eigenvalue weighted by atomic mass is 10.0. The molecule has 0 bridgehead atoms. The number of nitrogens with zero attached hydrogens (tertiary/aromatic N) is 3. The summed E-state index contributed by atoms with van der Waals surface area (Å²) in [5.41, 5.74) is 2.94. The van der Waals surface area contributed by atoms with Gasteiger partial charge in [0.2, 0.25) is 0 Å². The quantitative estimate of drug-likeness (QED) is 0.921. The van der Waals surface area contributed by atoms with E-state index in [0.717, 1.165) is 31.0 Å². The monoisotopic (exact) mass is 282 g/mol. The van der Waals surface area contributed by atoms with Crippen LogP contribution in [0.3, 0.4) is 0 Å². The predicted octanol–water partition coefficient (Wildman–Crippen LogP) is 2.74. The van der Waals surface area contributed by atoms with Crippen molar-refractivity contribution in [1.82, 2.24) is 20.1 Å². The van der Waals surface area contributed by atoms with E-state index in [1.807, 2.05) is 6.92 Å². The molecule has 4 heteroatoms. The molecule has 4 rings (SSSR count). The van der Waals surface area contributed by atoms with Crippen LogP contribution in [0.25, 0.3) is 0 Å². The molecule has 2 aliphatic rings. The van der Waals surface area contributed by atoms with Gasteiger partial charge in [-0.1, -0.05) is 30.7 Å². The maximum absolute atomic E-state index is 4.73. The number of aromatic nitrogens is 3. The van der Waals surface area contributed by atoms with Gasteiger partial charge in [0.15, 0.2) is 0 Å². The lowest BCUT2D eigenvalue weighted by Gasteiger charge is -2.24. The highest BCUT2D eigenvalue weighted by Crippen LogP contribution is 2.32. The number of rotatable bonds is 2. The molecule has 2 heterocycles. The predicted molar refractivity (Wildman–Crippen MR) is 82.2 cm³/mol. The Morgan fingerprint density at radius 2 is 1.90 bits per heavy atom. The van der Waals surface area contributed by atoms with Crippen LogP contribution >= 0.6 is 0 Å². The van der Waals surface area contributed by atoms with Gasteiger partial charge in [-0.25, -0.2) is 9.67 Å². The molecule has 1 aliphatic heterocycles. The third-order valence-electron chi connectivity index (χ3n) is 4.76. The highest BCUT2D eigenvalue weighted by Gasteiger charge is 2.29. The van der Waals surface area contributed by atoms with Crippen LogP contribution in [-0.2, 0) is 12.8 Å². The van der Waals surface area contributed by atoms with Gasteiger partial charge in [-0.2, -0.15) is 5.10 Å². The highest BCUT2D eigenvalue weighted by atomic mass is 15.4. The summed E-state index contributed by atoms with van der Waals surface area (Å²) in [7, 11) is 0. The third kappa shape index (κ3) is 2.38. The van der Waals surface area contributed by atoms with Crippen LogP contribution in [0.15, 0.2) is 24.3 Å². The van der Waals surface area contributed by atoms with E-state index in [2.05, 4.69) is 34.3 Å². The molecular weight excluding hydrogens is 260 g/mol. The first-order chi connectivity index (χ1) is 10.3. The Balaban J connectivity index is 1.64. The Morgan fingerprint density at radius 3 is 2.57 bits per heavy atom. The number of benzene rings is 1. The van der Waals surface area contributed by atoms with Crippen molar-refractivity contribution >= 4 is 0 Å². The fourth-order valence-corrected chi connectivity index (χ4v) is 3.73. The van der Waals surface area contributed by atoms with Gasteiger partial charge in [-0.15, -0.1) is 0 Å². The molecule has 1 N–H and O–H groups in total. The van der Waals surface area contributed by atoms with Gasteiger partial charge in [-0.05, 0) is 50.3 Å². The van der Waals surface area contributed by atoms with Crippen molar-refractivity contribution in [2.45, 2.75) is 51.1 Å². The van der Waals surface area contributed by atoms with E-state index in [9.17, 15) is 0 Å². The summed E-state index contributed by atoms with van der Waals surface area (Å²) in [5, 5.41) is 8.33. The highest BCUT2D eigenvalue weighted by molar-refractivity contribution is 5.33. The van der Waals surface area contributed by atoms with E-state index in [1.54, 1.807) is 0 Å². The van der Waals surface area contributed by atoms with Crippen LogP contribution in [-0.4, -0.2) is 21.3 Å². The molecule has 0 amide bonds. The Morgan fingerprint density at radius 1 is 1.14 bits per heavy atom. The van der Waals surface area contributed by atoms with Gasteiger partial charge >= 0.3 is 0 Å². The summed E-state index contributed by atoms with van der Waals surface area (Å²) < 4.78 is 2.21. The maximum Gasteiger partial charge on any atom is 0.147 e. The molecule has 2 aromatic rings. The second-order valence-electron chi connectivity index (χ2n) is 6.30. The van der Waals surface area contributed by atoms with Crippen molar-refractivity contribution in [3.05, 3.63) is 47.0 Å². The largest absolute Gasteiger partial charge is 0.307 e. The van der Waals surface area contributed by atoms with Gasteiger partial charge < -0.3 is 5.32 Å². The van der Waals surface area contributed by atoms with Crippen molar-refractivity contribution in [3.8, 4) is 0 Å². The smallest absolute Gasteiger partial charge is 0.147 e. The van der Waals surface area contributed by atoms with Crippen LogP contribution in [0.4, 0.5) is 0 Å². The summed E-state index contributed by atoms with van der Waals surface area (Å²) in [6.07, 6.45) is 5.90. The van der Waals surface area contributed by atoms with Gasteiger partial charge in [0.05, 0.1) is 12.1 Å². The van der Waals surface area contributed by atoms with Gasteiger partial charge in [0.1, 0.15) is 11.6 Å². The van der Waals surface area contributed by atoms with Crippen LogP contribution in [0, 0.1) is 6.92 Å². The second-order valence-corrected chi connectivity index (χ2v) is 6.30. The Kier molecular flexibility index (Phi) is 3.26. The van der Waals surface area contributed by atoms with Crippen molar-refractivity contribution in [2.24, 2.45) is 0 Å².